The average molecular weight is 243 g/mol. The van der Waals surface area contributed by atoms with Gasteiger partial charge in [-0.15, -0.1) is 0 Å². The van der Waals surface area contributed by atoms with E-state index in [1.165, 1.54) is 0 Å². The fraction of sp³-hybridized carbons (Fsp3) is 0.444. The maximum absolute atomic E-state index is 6.13. The zero-order valence-corrected chi connectivity index (χ0v) is 8.75. The van der Waals surface area contributed by atoms with Gasteiger partial charge < -0.3 is 10.5 Å². The molecule has 0 bridgehead atoms. The van der Waals surface area contributed by atoms with Crippen LogP contribution in [0.1, 0.15) is 12.1 Å². The molecule has 1 aromatic heterocycles. The fourth-order valence-corrected chi connectivity index (χ4v) is 1.69. The largest absolute Gasteiger partial charge is 0.379 e. The normalized spacial score (nSPS) is 27.8. The molecule has 1 fully saturated rings. The topological polar surface area (TPSA) is 48.1 Å². The van der Waals surface area contributed by atoms with Crippen LogP contribution in [0.4, 0.5) is 0 Å². The summed E-state index contributed by atoms with van der Waals surface area (Å²) in [5.41, 5.74) is 6.66. The molecule has 1 unspecified atom stereocenters. The van der Waals surface area contributed by atoms with Crippen molar-refractivity contribution in [3.05, 3.63) is 28.5 Å². The molecule has 2 heterocycles. The van der Waals surface area contributed by atoms with Crippen molar-refractivity contribution < 1.29 is 4.74 Å². The van der Waals surface area contributed by atoms with E-state index in [4.69, 9.17) is 10.5 Å². The van der Waals surface area contributed by atoms with E-state index in [2.05, 4.69) is 20.9 Å². The summed E-state index contributed by atoms with van der Waals surface area (Å²) in [5.74, 6) is 0. The van der Waals surface area contributed by atoms with Crippen molar-refractivity contribution >= 4 is 15.9 Å². The van der Waals surface area contributed by atoms with E-state index in [1.807, 2.05) is 12.1 Å². The quantitative estimate of drug-likeness (QED) is 0.811. The maximum atomic E-state index is 6.13. The lowest BCUT2D eigenvalue weighted by Crippen LogP contribution is -2.37. The van der Waals surface area contributed by atoms with Gasteiger partial charge >= 0.3 is 0 Å². The van der Waals surface area contributed by atoms with Gasteiger partial charge in [-0.3, -0.25) is 4.98 Å². The zero-order chi connectivity index (χ0) is 9.31. The van der Waals surface area contributed by atoms with Crippen molar-refractivity contribution in [1.82, 2.24) is 4.98 Å². The maximum Gasteiger partial charge on any atom is 0.0842 e. The molecule has 13 heavy (non-hydrogen) atoms. The predicted octanol–water partition coefficient (Wildman–Crippen LogP) is 1.42. The van der Waals surface area contributed by atoms with Crippen LogP contribution in [0.5, 0.6) is 0 Å². The van der Waals surface area contributed by atoms with E-state index in [0.717, 1.165) is 23.2 Å². The molecule has 1 aromatic rings. The first-order chi connectivity index (χ1) is 6.21. The van der Waals surface area contributed by atoms with Crippen LogP contribution in [0.25, 0.3) is 0 Å². The second kappa shape index (κ2) is 3.36. The van der Waals surface area contributed by atoms with Gasteiger partial charge in [-0.05, 0) is 34.5 Å². The summed E-state index contributed by atoms with van der Waals surface area (Å²) in [6.07, 6.45) is 2.61. The predicted molar refractivity (Wildman–Crippen MR) is 53.2 cm³/mol. The fourth-order valence-electron chi connectivity index (χ4n) is 1.45. The summed E-state index contributed by atoms with van der Waals surface area (Å²) in [7, 11) is 0. The van der Waals surface area contributed by atoms with E-state index in [0.29, 0.717) is 6.61 Å². The zero-order valence-electron chi connectivity index (χ0n) is 7.16. The highest BCUT2D eigenvalue weighted by atomic mass is 79.9. The van der Waals surface area contributed by atoms with E-state index < -0.39 is 0 Å². The smallest absolute Gasteiger partial charge is 0.0842 e. The first kappa shape index (κ1) is 9.12. The van der Waals surface area contributed by atoms with Crippen LogP contribution in [0.2, 0.25) is 0 Å². The third-order valence-corrected chi connectivity index (χ3v) is 2.76. The summed E-state index contributed by atoms with van der Waals surface area (Å²) >= 11 is 3.34. The molecule has 0 radical (unpaired) electrons. The van der Waals surface area contributed by atoms with Gasteiger partial charge in [-0.25, -0.2) is 0 Å². The molecule has 1 atom stereocenters. The Labute approximate surface area is 85.4 Å². The second-order valence-corrected chi connectivity index (χ2v) is 4.24. The molecule has 0 saturated carbocycles. The Bertz CT molecular complexity index is 293. The molecule has 0 aromatic carbocycles. The number of nitrogens with two attached hydrogens (primary N) is 1. The Kier molecular flexibility index (Phi) is 2.36. The number of pyridine rings is 1. The van der Waals surface area contributed by atoms with Crippen LogP contribution in [0.15, 0.2) is 22.8 Å². The summed E-state index contributed by atoms with van der Waals surface area (Å²) < 4.78 is 6.24. The van der Waals surface area contributed by atoms with Gasteiger partial charge in [-0.2, -0.15) is 0 Å². The van der Waals surface area contributed by atoms with E-state index in [9.17, 15) is 0 Å². The van der Waals surface area contributed by atoms with Crippen LogP contribution in [0, 0.1) is 0 Å². The highest BCUT2D eigenvalue weighted by Crippen LogP contribution is 2.26. The minimum atomic E-state index is -0.374. The Morgan fingerprint density at radius 3 is 2.92 bits per heavy atom. The lowest BCUT2D eigenvalue weighted by Gasteiger charge is -2.20. The monoisotopic (exact) mass is 242 g/mol. The van der Waals surface area contributed by atoms with Gasteiger partial charge in [0, 0.05) is 17.3 Å². The Morgan fingerprint density at radius 2 is 2.38 bits per heavy atom. The third-order valence-electron chi connectivity index (χ3n) is 2.29. The van der Waals surface area contributed by atoms with Gasteiger partial charge in [0.1, 0.15) is 0 Å². The lowest BCUT2D eigenvalue weighted by atomic mass is 9.95. The number of halogens is 1. The number of aromatic nitrogens is 1. The molecule has 4 heteroatoms. The van der Waals surface area contributed by atoms with Crippen molar-refractivity contribution in [2.75, 3.05) is 13.2 Å². The van der Waals surface area contributed by atoms with Gasteiger partial charge in [0.2, 0.25) is 0 Å². The molecular weight excluding hydrogens is 232 g/mol. The van der Waals surface area contributed by atoms with Crippen LogP contribution in [0.3, 0.4) is 0 Å². The summed E-state index contributed by atoms with van der Waals surface area (Å²) in [5, 5.41) is 0. The summed E-state index contributed by atoms with van der Waals surface area (Å²) in [4.78, 5) is 4.28. The highest BCUT2D eigenvalue weighted by molar-refractivity contribution is 9.10. The third kappa shape index (κ3) is 1.75. The first-order valence-corrected chi connectivity index (χ1v) is 4.99. The average Bonchev–Trinajstić information content (AvgIpc) is 2.54. The van der Waals surface area contributed by atoms with Crippen LogP contribution < -0.4 is 5.73 Å². The van der Waals surface area contributed by atoms with Gasteiger partial charge in [0.25, 0.3) is 0 Å². The highest BCUT2D eigenvalue weighted by Gasteiger charge is 2.33. The molecule has 70 valence electrons. The molecular formula is C9H11BrN2O. The standard InChI is InChI=1S/C9H11BrN2O/c10-7-1-2-8(12-5-7)9(11)3-4-13-6-9/h1-2,5H,3-4,6,11H2. The van der Waals surface area contributed by atoms with Crippen molar-refractivity contribution in [1.29, 1.82) is 0 Å². The molecule has 1 aliphatic rings. The lowest BCUT2D eigenvalue weighted by molar-refractivity contribution is 0.177. The van der Waals surface area contributed by atoms with Crippen molar-refractivity contribution in [3.8, 4) is 0 Å². The van der Waals surface area contributed by atoms with Crippen LogP contribution in [-0.4, -0.2) is 18.2 Å². The van der Waals surface area contributed by atoms with E-state index in [-0.39, 0.29) is 5.54 Å². The number of nitrogens with zero attached hydrogens (tertiary/aromatic N) is 1. The van der Waals surface area contributed by atoms with E-state index in [1.54, 1.807) is 6.20 Å². The minimum Gasteiger partial charge on any atom is -0.379 e. The van der Waals surface area contributed by atoms with Crippen molar-refractivity contribution in [2.24, 2.45) is 5.73 Å². The first-order valence-electron chi connectivity index (χ1n) is 4.19. The Hall–Kier alpha value is -0.450. The summed E-state index contributed by atoms with van der Waals surface area (Å²) in [6, 6.07) is 3.90. The molecule has 2 N–H and O–H groups in total. The SMILES string of the molecule is NC1(c2ccc(Br)cn2)CCOC1. The van der Waals surface area contributed by atoms with Gasteiger partial charge in [0.15, 0.2) is 0 Å². The number of hydrogen-bond acceptors (Lipinski definition) is 3. The number of ether oxygens (including phenoxy) is 1. The van der Waals surface area contributed by atoms with E-state index >= 15 is 0 Å². The van der Waals surface area contributed by atoms with Gasteiger partial charge in [-0.1, -0.05) is 0 Å². The summed E-state index contributed by atoms with van der Waals surface area (Å²) in [6.45, 7) is 1.30. The van der Waals surface area contributed by atoms with Crippen molar-refractivity contribution in [2.45, 2.75) is 12.0 Å². The van der Waals surface area contributed by atoms with Crippen LogP contribution >= 0.6 is 15.9 Å². The second-order valence-electron chi connectivity index (χ2n) is 3.32. The molecule has 0 amide bonds. The molecule has 3 nitrogen and oxygen atoms in total. The number of hydrogen-bond donors (Lipinski definition) is 1. The van der Waals surface area contributed by atoms with Gasteiger partial charge in [0.05, 0.1) is 17.8 Å². The molecule has 2 rings (SSSR count). The Morgan fingerprint density at radius 1 is 1.54 bits per heavy atom. The molecule has 1 saturated heterocycles. The van der Waals surface area contributed by atoms with Crippen LogP contribution in [-0.2, 0) is 10.3 Å². The Balaban J connectivity index is 2.29. The molecule has 1 aliphatic heterocycles. The van der Waals surface area contributed by atoms with Crippen molar-refractivity contribution in [3.63, 3.8) is 0 Å². The number of rotatable bonds is 1. The molecule has 0 spiro atoms. The minimum absolute atomic E-state index is 0.374. The molecule has 0 aliphatic carbocycles.